The molecule has 2 heterocycles. The summed E-state index contributed by atoms with van der Waals surface area (Å²) in [7, 11) is 0. The highest BCUT2D eigenvalue weighted by molar-refractivity contribution is 5.71. The number of hydrogen-bond acceptors (Lipinski definition) is 5. The number of pyridine rings is 1. The minimum atomic E-state index is -0.779. The average molecular weight is 273 g/mol. The molecule has 1 saturated carbocycles. The molecule has 20 heavy (non-hydrogen) atoms. The van der Waals surface area contributed by atoms with Crippen LogP contribution < -0.4 is 0 Å². The molecule has 0 spiro atoms. The Morgan fingerprint density at radius 1 is 1.25 bits per heavy atom. The number of aromatic nitrogens is 3. The Labute approximate surface area is 115 Å². The van der Waals surface area contributed by atoms with E-state index in [1.54, 1.807) is 24.5 Å². The van der Waals surface area contributed by atoms with E-state index in [2.05, 4.69) is 15.1 Å². The first-order chi connectivity index (χ1) is 9.75. The summed E-state index contributed by atoms with van der Waals surface area (Å²) in [6.45, 7) is 0. The van der Waals surface area contributed by atoms with E-state index in [1.807, 2.05) is 0 Å². The van der Waals surface area contributed by atoms with Crippen LogP contribution in [0.4, 0.5) is 0 Å². The largest absolute Gasteiger partial charge is 0.481 e. The number of carboxylic acids is 1. The van der Waals surface area contributed by atoms with Crippen LogP contribution in [0, 0.1) is 5.92 Å². The van der Waals surface area contributed by atoms with Gasteiger partial charge in [-0.25, -0.2) is 0 Å². The Balaban J connectivity index is 1.87. The maximum absolute atomic E-state index is 11.3. The smallest absolute Gasteiger partial charge is 0.307 e. The molecule has 1 N–H and O–H groups in total. The summed E-state index contributed by atoms with van der Waals surface area (Å²) in [5, 5.41) is 13.2. The monoisotopic (exact) mass is 273 g/mol. The molecule has 2 atom stereocenters. The van der Waals surface area contributed by atoms with Crippen molar-refractivity contribution in [2.24, 2.45) is 5.92 Å². The van der Waals surface area contributed by atoms with Crippen molar-refractivity contribution in [1.82, 2.24) is 15.1 Å². The molecule has 0 bridgehead atoms. The van der Waals surface area contributed by atoms with Gasteiger partial charge >= 0.3 is 5.97 Å². The van der Waals surface area contributed by atoms with Gasteiger partial charge in [-0.05, 0) is 25.0 Å². The lowest BCUT2D eigenvalue weighted by atomic mass is 9.79. The number of nitrogens with zero attached hydrogens (tertiary/aromatic N) is 3. The Bertz CT molecular complexity index is 597. The molecular weight excluding hydrogens is 258 g/mol. The van der Waals surface area contributed by atoms with E-state index in [-0.39, 0.29) is 5.92 Å². The van der Waals surface area contributed by atoms with Crippen LogP contribution in [-0.4, -0.2) is 26.2 Å². The van der Waals surface area contributed by atoms with Crippen LogP contribution in [0.2, 0.25) is 0 Å². The van der Waals surface area contributed by atoms with Crippen molar-refractivity contribution in [3.8, 4) is 11.4 Å². The highest BCUT2D eigenvalue weighted by atomic mass is 16.5. The lowest BCUT2D eigenvalue weighted by molar-refractivity contribution is -0.143. The molecule has 0 saturated heterocycles. The lowest BCUT2D eigenvalue weighted by Crippen LogP contribution is -2.25. The summed E-state index contributed by atoms with van der Waals surface area (Å²) in [4.78, 5) is 19.6. The molecule has 1 aliphatic carbocycles. The van der Waals surface area contributed by atoms with Crippen molar-refractivity contribution in [1.29, 1.82) is 0 Å². The van der Waals surface area contributed by atoms with Crippen LogP contribution in [0.15, 0.2) is 29.0 Å². The summed E-state index contributed by atoms with van der Waals surface area (Å²) in [6, 6.07) is 3.59. The second-order valence-electron chi connectivity index (χ2n) is 5.03. The molecule has 2 unspecified atom stereocenters. The van der Waals surface area contributed by atoms with Gasteiger partial charge in [-0.3, -0.25) is 9.78 Å². The molecule has 104 valence electrons. The van der Waals surface area contributed by atoms with Gasteiger partial charge in [0.1, 0.15) is 0 Å². The van der Waals surface area contributed by atoms with Crippen molar-refractivity contribution in [2.45, 2.75) is 31.6 Å². The second kappa shape index (κ2) is 5.40. The second-order valence-corrected chi connectivity index (χ2v) is 5.03. The van der Waals surface area contributed by atoms with Crippen LogP contribution in [-0.2, 0) is 4.79 Å². The maximum Gasteiger partial charge on any atom is 0.307 e. The molecule has 0 aliphatic heterocycles. The van der Waals surface area contributed by atoms with E-state index in [0.29, 0.717) is 18.1 Å². The van der Waals surface area contributed by atoms with Crippen molar-refractivity contribution in [2.75, 3.05) is 0 Å². The summed E-state index contributed by atoms with van der Waals surface area (Å²) in [5.41, 5.74) is 0.817. The number of hydrogen-bond donors (Lipinski definition) is 1. The fourth-order valence-corrected chi connectivity index (χ4v) is 2.73. The fourth-order valence-electron chi connectivity index (χ4n) is 2.73. The molecule has 1 aliphatic rings. The van der Waals surface area contributed by atoms with Gasteiger partial charge in [0.15, 0.2) is 0 Å². The Morgan fingerprint density at radius 2 is 2.00 bits per heavy atom. The topological polar surface area (TPSA) is 89.1 Å². The van der Waals surface area contributed by atoms with E-state index in [9.17, 15) is 9.90 Å². The van der Waals surface area contributed by atoms with Gasteiger partial charge in [0.2, 0.25) is 11.7 Å². The highest BCUT2D eigenvalue weighted by Crippen LogP contribution is 2.37. The standard InChI is InChI=1S/C14H15N3O3/c18-14(19)11-4-2-1-3-10(11)13-16-12(17-20-13)9-5-7-15-8-6-9/h5-8,10-11H,1-4H2,(H,18,19). The van der Waals surface area contributed by atoms with E-state index < -0.39 is 11.9 Å². The first kappa shape index (κ1) is 12.8. The van der Waals surface area contributed by atoms with E-state index in [4.69, 9.17) is 4.52 Å². The van der Waals surface area contributed by atoms with Crippen molar-refractivity contribution >= 4 is 5.97 Å². The normalized spacial score (nSPS) is 22.6. The minimum absolute atomic E-state index is 0.177. The van der Waals surface area contributed by atoms with E-state index in [0.717, 1.165) is 24.8 Å². The SMILES string of the molecule is O=C(O)C1CCCCC1c1nc(-c2ccncc2)no1. The number of carbonyl (C=O) groups is 1. The molecule has 6 heteroatoms. The Hall–Kier alpha value is -2.24. The molecule has 6 nitrogen and oxygen atoms in total. The van der Waals surface area contributed by atoms with Crippen LogP contribution in [0.5, 0.6) is 0 Å². The molecule has 1 fully saturated rings. The van der Waals surface area contributed by atoms with Gasteiger partial charge in [0.05, 0.1) is 11.8 Å². The molecule has 0 radical (unpaired) electrons. The third-order valence-corrected chi connectivity index (χ3v) is 3.78. The fraction of sp³-hybridized carbons (Fsp3) is 0.429. The Kier molecular flexibility index (Phi) is 3.45. The van der Waals surface area contributed by atoms with Crippen LogP contribution in [0.25, 0.3) is 11.4 Å². The number of carboxylic acid groups (broad SMARTS) is 1. The van der Waals surface area contributed by atoms with E-state index in [1.165, 1.54) is 0 Å². The van der Waals surface area contributed by atoms with Gasteiger partial charge in [-0.2, -0.15) is 4.98 Å². The Morgan fingerprint density at radius 3 is 2.75 bits per heavy atom. The minimum Gasteiger partial charge on any atom is -0.481 e. The van der Waals surface area contributed by atoms with Gasteiger partial charge in [-0.15, -0.1) is 0 Å². The third-order valence-electron chi connectivity index (χ3n) is 3.78. The highest BCUT2D eigenvalue weighted by Gasteiger charge is 2.35. The molecule has 3 rings (SSSR count). The molecule has 0 amide bonds. The van der Waals surface area contributed by atoms with Crippen molar-refractivity contribution < 1.29 is 14.4 Å². The summed E-state index contributed by atoms with van der Waals surface area (Å²) in [5.74, 6) is -0.460. The van der Waals surface area contributed by atoms with Gasteiger partial charge in [0.25, 0.3) is 0 Å². The molecule has 0 aromatic carbocycles. The summed E-state index contributed by atoms with van der Waals surface area (Å²) < 4.78 is 5.29. The van der Waals surface area contributed by atoms with Gasteiger partial charge in [-0.1, -0.05) is 18.0 Å². The van der Waals surface area contributed by atoms with Crippen LogP contribution in [0.1, 0.15) is 37.5 Å². The van der Waals surface area contributed by atoms with Crippen molar-refractivity contribution in [3.63, 3.8) is 0 Å². The number of aliphatic carboxylic acids is 1. The average Bonchev–Trinajstić information content (AvgIpc) is 2.98. The number of rotatable bonds is 3. The zero-order valence-electron chi connectivity index (χ0n) is 10.9. The predicted octanol–water partition coefficient (Wildman–Crippen LogP) is 2.49. The summed E-state index contributed by atoms with van der Waals surface area (Å²) in [6.07, 6.45) is 6.72. The van der Waals surface area contributed by atoms with Crippen molar-refractivity contribution in [3.05, 3.63) is 30.4 Å². The van der Waals surface area contributed by atoms with Gasteiger partial charge in [0, 0.05) is 18.0 Å². The third kappa shape index (κ3) is 2.41. The van der Waals surface area contributed by atoms with Crippen LogP contribution in [0.3, 0.4) is 0 Å². The predicted molar refractivity (Wildman–Crippen MR) is 69.9 cm³/mol. The zero-order valence-corrected chi connectivity index (χ0v) is 10.9. The zero-order chi connectivity index (χ0) is 13.9. The molecule has 2 aromatic rings. The molecule has 2 aromatic heterocycles. The quantitative estimate of drug-likeness (QED) is 0.924. The first-order valence-corrected chi connectivity index (χ1v) is 6.72. The summed E-state index contributed by atoms with van der Waals surface area (Å²) >= 11 is 0. The van der Waals surface area contributed by atoms with Gasteiger partial charge < -0.3 is 9.63 Å². The lowest BCUT2D eigenvalue weighted by Gasteiger charge is -2.25. The van der Waals surface area contributed by atoms with Crippen LogP contribution >= 0.6 is 0 Å². The van der Waals surface area contributed by atoms with E-state index >= 15 is 0 Å². The molecular formula is C14H15N3O3. The first-order valence-electron chi connectivity index (χ1n) is 6.72. The maximum atomic E-state index is 11.3.